The Bertz CT molecular complexity index is 656. The third kappa shape index (κ3) is 3.88. The van der Waals surface area contributed by atoms with Crippen LogP contribution in [0.15, 0.2) is 36.5 Å². The molecule has 1 aromatic heterocycles. The zero-order chi connectivity index (χ0) is 16.1. The maximum Gasteiger partial charge on any atom is 0.228 e. The van der Waals surface area contributed by atoms with E-state index in [1.165, 1.54) is 13.3 Å². The van der Waals surface area contributed by atoms with E-state index in [1.807, 2.05) is 0 Å². The molecule has 3 N–H and O–H groups in total. The largest absolute Gasteiger partial charge is 0.504 e. The number of nitrogens with two attached hydrogens (primary N) is 1. The first-order valence-electron chi connectivity index (χ1n) is 6.80. The molecule has 0 atom stereocenters. The molecule has 116 valence electrons. The van der Waals surface area contributed by atoms with E-state index in [-0.39, 0.29) is 18.1 Å². The molecule has 1 amide bonds. The van der Waals surface area contributed by atoms with Crippen LogP contribution >= 0.6 is 0 Å². The second-order valence-corrected chi connectivity index (χ2v) is 5.02. The summed E-state index contributed by atoms with van der Waals surface area (Å²) in [6.45, 7) is 0.421. The van der Waals surface area contributed by atoms with Gasteiger partial charge in [-0.25, -0.2) is 0 Å². The number of likely N-dealkylation sites (N-methyl/N-ethyl adjacent to an activating group) is 1. The number of aromatic hydroxyl groups is 1. The molecule has 2 rings (SSSR count). The zero-order valence-electron chi connectivity index (χ0n) is 12.6. The first kappa shape index (κ1) is 15.6. The Balaban J connectivity index is 2.00. The lowest BCUT2D eigenvalue weighted by Crippen LogP contribution is -2.28. The van der Waals surface area contributed by atoms with Crippen molar-refractivity contribution in [2.75, 3.05) is 19.9 Å². The number of anilines is 1. The number of carbonyl (C=O) groups excluding carboxylic acids is 1. The van der Waals surface area contributed by atoms with Crippen LogP contribution in [0.3, 0.4) is 0 Å². The van der Waals surface area contributed by atoms with E-state index in [2.05, 4.69) is 4.98 Å². The van der Waals surface area contributed by atoms with Crippen molar-refractivity contribution in [1.29, 1.82) is 0 Å². The number of hydrogen-bond donors (Lipinski definition) is 2. The Morgan fingerprint density at radius 1 is 1.36 bits per heavy atom. The van der Waals surface area contributed by atoms with Crippen molar-refractivity contribution < 1.29 is 14.6 Å². The van der Waals surface area contributed by atoms with Crippen LogP contribution in [0, 0.1) is 0 Å². The molecular formula is C16H19N3O3. The van der Waals surface area contributed by atoms with E-state index in [1.54, 1.807) is 42.3 Å². The van der Waals surface area contributed by atoms with Gasteiger partial charge in [0.1, 0.15) is 0 Å². The second kappa shape index (κ2) is 6.80. The van der Waals surface area contributed by atoms with Crippen molar-refractivity contribution >= 4 is 11.6 Å². The number of pyridine rings is 1. The number of phenolic OH excluding ortho intramolecular Hbond substituents is 1. The summed E-state index contributed by atoms with van der Waals surface area (Å²) < 4.78 is 5.06. The van der Waals surface area contributed by atoms with E-state index >= 15 is 0 Å². The molecule has 0 aliphatic rings. The lowest BCUT2D eigenvalue weighted by molar-refractivity contribution is -0.129. The fraction of sp³-hybridized carbons (Fsp3) is 0.250. The SMILES string of the molecule is COc1cc(CN(C)C(=O)Cc2ccc(N)cn2)ccc1O. The molecule has 0 aliphatic heterocycles. The molecule has 1 heterocycles. The zero-order valence-corrected chi connectivity index (χ0v) is 12.6. The molecule has 0 saturated carbocycles. The molecule has 0 bridgehead atoms. The van der Waals surface area contributed by atoms with Gasteiger partial charge in [-0.1, -0.05) is 6.07 Å². The summed E-state index contributed by atoms with van der Waals surface area (Å²) >= 11 is 0. The predicted molar refractivity (Wildman–Crippen MR) is 83.5 cm³/mol. The summed E-state index contributed by atoms with van der Waals surface area (Å²) in [4.78, 5) is 17.9. The molecule has 6 heteroatoms. The summed E-state index contributed by atoms with van der Waals surface area (Å²) in [6, 6.07) is 8.47. The minimum absolute atomic E-state index is 0.0516. The van der Waals surface area contributed by atoms with Gasteiger partial charge in [0.15, 0.2) is 11.5 Å². The molecular weight excluding hydrogens is 282 g/mol. The summed E-state index contributed by atoms with van der Waals surface area (Å²) in [7, 11) is 3.21. The fourth-order valence-electron chi connectivity index (χ4n) is 2.01. The van der Waals surface area contributed by atoms with Crippen molar-refractivity contribution in [3.63, 3.8) is 0 Å². The maximum absolute atomic E-state index is 12.2. The lowest BCUT2D eigenvalue weighted by Gasteiger charge is -2.18. The minimum atomic E-state index is -0.0516. The topological polar surface area (TPSA) is 88.7 Å². The van der Waals surface area contributed by atoms with E-state index < -0.39 is 0 Å². The maximum atomic E-state index is 12.2. The van der Waals surface area contributed by atoms with Crippen LogP contribution in [-0.2, 0) is 17.8 Å². The Morgan fingerprint density at radius 3 is 2.77 bits per heavy atom. The van der Waals surface area contributed by atoms with Crippen molar-refractivity contribution in [1.82, 2.24) is 9.88 Å². The number of ether oxygens (including phenoxy) is 1. The number of methoxy groups -OCH3 is 1. The Hall–Kier alpha value is -2.76. The average molecular weight is 301 g/mol. The quantitative estimate of drug-likeness (QED) is 0.875. The fourth-order valence-corrected chi connectivity index (χ4v) is 2.01. The number of nitrogens with zero attached hydrogens (tertiary/aromatic N) is 2. The summed E-state index contributed by atoms with van der Waals surface area (Å²) in [6.07, 6.45) is 1.75. The predicted octanol–water partition coefficient (Wildman–Crippen LogP) is 1.58. The van der Waals surface area contributed by atoms with Crippen LogP contribution in [0.2, 0.25) is 0 Å². The number of carbonyl (C=O) groups is 1. The van der Waals surface area contributed by atoms with E-state index in [0.29, 0.717) is 23.7 Å². The smallest absolute Gasteiger partial charge is 0.228 e. The highest BCUT2D eigenvalue weighted by molar-refractivity contribution is 5.78. The number of hydrogen-bond acceptors (Lipinski definition) is 5. The number of aromatic nitrogens is 1. The number of nitrogen functional groups attached to an aromatic ring is 1. The van der Waals surface area contributed by atoms with Crippen molar-refractivity contribution in [2.45, 2.75) is 13.0 Å². The van der Waals surface area contributed by atoms with Crippen LogP contribution in [0.5, 0.6) is 11.5 Å². The molecule has 0 aliphatic carbocycles. The van der Waals surface area contributed by atoms with Crippen LogP contribution in [-0.4, -0.2) is 35.1 Å². The number of benzene rings is 1. The number of phenols is 1. The summed E-state index contributed by atoms with van der Waals surface area (Å²) in [5.41, 5.74) is 7.69. The Kier molecular flexibility index (Phi) is 4.83. The Morgan fingerprint density at radius 2 is 2.14 bits per heavy atom. The standard InChI is InChI=1S/C16H19N3O3/c1-19(10-11-3-6-14(20)15(7-11)22-2)16(21)8-13-5-4-12(17)9-18-13/h3-7,9,20H,8,10,17H2,1-2H3. The molecule has 0 radical (unpaired) electrons. The highest BCUT2D eigenvalue weighted by Crippen LogP contribution is 2.26. The summed E-state index contributed by atoms with van der Waals surface area (Å²) in [5, 5.41) is 9.57. The third-order valence-corrected chi connectivity index (χ3v) is 3.27. The van der Waals surface area contributed by atoms with Gasteiger partial charge in [-0.3, -0.25) is 9.78 Å². The van der Waals surface area contributed by atoms with E-state index in [9.17, 15) is 9.90 Å². The van der Waals surface area contributed by atoms with Gasteiger partial charge in [-0.05, 0) is 29.8 Å². The number of amides is 1. The van der Waals surface area contributed by atoms with Gasteiger partial charge in [0, 0.05) is 19.3 Å². The monoisotopic (exact) mass is 301 g/mol. The van der Waals surface area contributed by atoms with Crippen molar-refractivity contribution in [3.05, 3.63) is 47.8 Å². The Labute approximate surface area is 129 Å². The second-order valence-electron chi connectivity index (χ2n) is 5.02. The van der Waals surface area contributed by atoms with Gasteiger partial charge in [0.25, 0.3) is 0 Å². The first-order valence-corrected chi connectivity index (χ1v) is 6.80. The van der Waals surface area contributed by atoms with Crippen LogP contribution in [0.1, 0.15) is 11.3 Å². The molecule has 0 fully saturated rings. The molecule has 0 unspecified atom stereocenters. The van der Waals surface area contributed by atoms with Gasteiger partial charge in [-0.15, -0.1) is 0 Å². The average Bonchev–Trinajstić information content (AvgIpc) is 2.51. The van der Waals surface area contributed by atoms with Crippen molar-refractivity contribution in [2.24, 2.45) is 0 Å². The van der Waals surface area contributed by atoms with Gasteiger partial charge in [0.2, 0.25) is 5.91 Å². The van der Waals surface area contributed by atoms with Crippen LogP contribution in [0.25, 0.3) is 0 Å². The third-order valence-electron chi connectivity index (χ3n) is 3.27. The molecule has 2 aromatic rings. The van der Waals surface area contributed by atoms with E-state index in [0.717, 1.165) is 5.56 Å². The van der Waals surface area contributed by atoms with Gasteiger partial charge in [-0.2, -0.15) is 0 Å². The van der Waals surface area contributed by atoms with Gasteiger partial charge in [0.05, 0.1) is 25.4 Å². The van der Waals surface area contributed by atoms with Crippen LogP contribution < -0.4 is 10.5 Å². The molecule has 22 heavy (non-hydrogen) atoms. The molecule has 6 nitrogen and oxygen atoms in total. The van der Waals surface area contributed by atoms with E-state index in [4.69, 9.17) is 10.5 Å². The highest BCUT2D eigenvalue weighted by atomic mass is 16.5. The highest BCUT2D eigenvalue weighted by Gasteiger charge is 2.12. The van der Waals surface area contributed by atoms with Gasteiger partial charge >= 0.3 is 0 Å². The normalized spacial score (nSPS) is 10.3. The molecule has 0 saturated heterocycles. The minimum Gasteiger partial charge on any atom is -0.504 e. The van der Waals surface area contributed by atoms with Crippen molar-refractivity contribution in [3.8, 4) is 11.5 Å². The molecule has 1 aromatic carbocycles. The van der Waals surface area contributed by atoms with Gasteiger partial charge < -0.3 is 20.5 Å². The summed E-state index contributed by atoms with van der Waals surface area (Å²) in [5.74, 6) is 0.411. The first-order chi connectivity index (χ1) is 10.5. The molecule has 0 spiro atoms. The number of rotatable bonds is 5. The lowest BCUT2D eigenvalue weighted by atomic mass is 10.1. The van der Waals surface area contributed by atoms with Crippen LogP contribution in [0.4, 0.5) is 5.69 Å².